The van der Waals surface area contributed by atoms with Gasteiger partial charge in [0.1, 0.15) is 94.7 Å². The second kappa shape index (κ2) is 28.2. The highest BCUT2D eigenvalue weighted by Gasteiger charge is 2.12. The van der Waals surface area contributed by atoms with Crippen molar-refractivity contribution in [3.63, 3.8) is 0 Å². The van der Waals surface area contributed by atoms with Gasteiger partial charge in [0.2, 0.25) is 12.7 Å². The van der Waals surface area contributed by atoms with Crippen LogP contribution in [0.1, 0.15) is 91.7 Å². The van der Waals surface area contributed by atoms with Gasteiger partial charge in [0.05, 0.1) is 35.2 Å². The predicted molar refractivity (Wildman–Crippen MR) is 310 cm³/mol. The molecule has 5 aromatic carbocycles. The van der Waals surface area contributed by atoms with Gasteiger partial charge in [0.25, 0.3) is 17.5 Å². The zero-order valence-electron chi connectivity index (χ0n) is 47.8. The standard InChI is InChI=1S/C14H19N2.3C13H17N2.C12H15N2.CH4/c1-11-7-12(2)9-14(8-11)10-16-6-5-15(4)13(16)3;1-11-6-12(2)8-13(7-11)9-15-5-4-14(3)10-15;1-11-5-4-6-13(9-11)10-15-8-7-14(3)12(15)2;1-11-6-4-5-7-13(11)10-15-9-8-14(3)12(15)2;1-11-4-3-5-12(8-11)9-14-7-6-13(2)10-14;/h5-9H,10H2,1-4H3;4-8,10H,9H2,1-3H3;2*4-9H,10H2,1-3H3;3-8,10H,9H2,1-2H3;1H4/q5*+1;. The zero-order valence-corrected chi connectivity index (χ0v) is 47.8. The van der Waals surface area contributed by atoms with Gasteiger partial charge in [0, 0.05) is 20.8 Å². The fourth-order valence-electron chi connectivity index (χ4n) is 9.22. The highest BCUT2D eigenvalue weighted by Crippen LogP contribution is 2.13. The van der Waals surface area contributed by atoms with Crippen molar-refractivity contribution in [2.24, 2.45) is 35.2 Å². The first-order valence-corrected chi connectivity index (χ1v) is 26.1. The Hall–Kier alpha value is -7.85. The van der Waals surface area contributed by atoms with Gasteiger partial charge in [-0.1, -0.05) is 150 Å². The minimum atomic E-state index is 0. The van der Waals surface area contributed by atoms with Crippen molar-refractivity contribution >= 4 is 0 Å². The van der Waals surface area contributed by atoms with Crippen LogP contribution in [-0.2, 0) is 68.0 Å². The molecule has 5 heterocycles. The average Bonchev–Trinajstić information content (AvgIpc) is 4.18. The Kier molecular flexibility index (Phi) is 21.9. The lowest BCUT2D eigenvalue weighted by Crippen LogP contribution is -2.29. The van der Waals surface area contributed by atoms with E-state index in [1.54, 1.807) is 0 Å². The Bertz CT molecular complexity index is 3350. The van der Waals surface area contributed by atoms with Crippen LogP contribution >= 0.6 is 0 Å². The molecule has 0 atom stereocenters. The molecule has 10 aromatic rings. The molecule has 0 fully saturated rings. The third-order valence-corrected chi connectivity index (χ3v) is 13.6. The van der Waals surface area contributed by atoms with Crippen molar-refractivity contribution in [3.05, 3.63) is 268 Å². The molecule has 0 unspecified atom stereocenters. The fraction of sp³-hybridized carbons (Fsp3) is 0.318. The SMILES string of the molecule is C.Cc1cc(C)cc(Cn2cc[n+](C)c2)c1.Cc1cc(C)cc(Cn2cc[n+](C)c2C)c1.Cc1cccc(Cn2cc[n+](C)c2)c1.Cc1cccc(Cn2cc[n+](C)c2C)c1.Cc1ccccc1Cn1cc[n+](C)c1C. The van der Waals surface area contributed by atoms with Crippen LogP contribution in [-0.4, -0.2) is 22.8 Å². The van der Waals surface area contributed by atoms with Gasteiger partial charge < -0.3 is 0 Å². The number of hydrogen-bond acceptors (Lipinski definition) is 0. The molecular formula is C66H89N10+5. The van der Waals surface area contributed by atoms with Crippen LogP contribution in [0.4, 0.5) is 0 Å². The summed E-state index contributed by atoms with van der Waals surface area (Å²) in [6.07, 6.45) is 25.1. The molecule has 398 valence electrons. The summed E-state index contributed by atoms with van der Waals surface area (Å²) in [4.78, 5) is 0. The van der Waals surface area contributed by atoms with E-state index in [-0.39, 0.29) is 7.43 Å². The van der Waals surface area contributed by atoms with Crippen molar-refractivity contribution in [2.75, 3.05) is 0 Å². The third kappa shape index (κ3) is 18.2. The van der Waals surface area contributed by atoms with E-state index in [1.165, 1.54) is 84.2 Å². The highest BCUT2D eigenvalue weighted by molar-refractivity contribution is 5.30. The number of hydrogen-bond donors (Lipinski definition) is 0. The molecule has 0 radical (unpaired) electrons. The van der Waals surface area contributed by atoms with Crippen LogP contribution in [0.2, 0.25) is 0 Å². The monoisotopic (exact) mass is 1020 g/mol. The van der Waals surface area contributed by atoms with Gasteiger partial charge in [-0.05, 0) is 81.8 Å². The van der Waals surface area contributed by atoms with E-state index >= 15 is 0 Å². The van der Waals surface area contributed by atoms with E-state index in [1.807, 2.05) is 14.1 Å². The molecule has 0 spiro atoms. The Morgan fingerprint density at radius 2 is 0.684 bits per heavy atom. The van der Waals surface area contributed by atoms with Crippen LogP contribution in [0.15, 0.2) is 184 Å². The summed E-state index contributed by atoms with van der Waals surface area (Å²) in [5.41, 5.74) is 16.2. The second-order valence-corrected chi connectivity index (χ2v) is 20.7. The maximum absolute atomic E-state index is 2.27. The Morgan fingerprint density at radius 3 is 1.05 bits per heavy atom. The Balaban J connectivity index is 0.000000175. The van der Waals surface area contributed by atoms with Gasteiger partial charge in [-0.25, -0.2) is 45.7 Å². The summed E-state index contributed by atoms with van der Waals surface area (Å²) in [5.74, 6) is 3.83. The molecule has 0 bridgehead atoms. The quantitative estimate of drug-likeness (QED) is 0.123. The molecule has 0 N–H and O–H groups in total. The normalized spacial score (nSPS) is 10.5. The predicted octanol–water partition coefficient (Wildman–Crippen LogP) is 10.5. The number of benzene rings is 5. The molecule has 10 rings (SSSR count). The van der Waals surface area contributed by atoms with Crippen LogP contribution in [0, 0.1) is 69.2 Å². The van der Waals surface area contributed by atoms with E-state index in [0.29, 0.717) is 0 Å². The molecule has 0 aliphatic heterocycles. The third-order valence-electron chi connectivity index (χ3n) is 13.6. The van der Waals surface area contributed by atoms with Gasteiger partial charge in [-0.15, -0.1) is 0 Å². The van der Waals surface area contributed by atoms with Crippen LogP contribution < -0.4 is 22.8 Å². The molecule has 76 heavy (non-hydrogen) atoms. The Labute approximate surface area is 456 Å². The summed E-state index contributed by atoms with van der Waals surface area (Å²) in [5, 5.41) is 0. The maximum atomic E-state index is 2.27. The lowest BCUT2D eigenvalue weighted by atomic mass is 10.1. The summed E-state index contributed by atoms with van der Waals surface area (Å²) in [6, 6.07) is 39.2. The van der Waals surface area contributed by atoms with Crippen molar-refractivity contribution in [2.45, 2.75) is 109 Å². The lowest BCUT2D eigenvalue weighted by molar-refractivity contribution is -0.677. The zero-order chi connectivity index (χ0) is 54.2. The number of aromatic nitrogens is 10. The number of rotatable bonds is 10. The minimum Gasteiger partial charge on any atom is -0.240 e. The van der Waals surface area contributed by atoms with Crippen LogP contribution in [0.5, 0.6) is 0 Å². The molecule has 0 amide bonds. The van der Waals surface area contributed by atoms with Crippen molar-refractivity contribution in [3.8, 4) is 0 Å². The molecule has 0 aliphatic carbocycles. The molecule has 5 aromatic heterocycles. The van der Waals surface area contributed by atoms with Crippen molar-refractivity contribution in [1.82, 2.24) is 22.8 Å². The number of nitrogens with zero attached hydrogens (tertiary/aromatic N) is 10. The summed E-state index contributed by atoms with van der Waals surface area (Å²) < 4.78 is 21.7. The second-order valence-electron chi connectivity index (χ2n) is 20.7. The first-order valence-electron chi connectivity index (χ1n) is 26.1. The summed E-state index contributed by atoms with van der Waals surface area (Å²) >= 11 is 0. The first kappa shape index (κ1) is 59.0. The molecule has 10 heteroatoms. The number of imidazole rings is 5. The minimum absolute atomic E-state index is 0. The maximum Gasteiger partial charge on any atom is 0.253 e. The van der Waals surface area contributed by atoms with Gasteiger partial charge in [0.15, 0.2) is 0 Å². The fourth-order valence-corrected chi connectivity index (χ4v) is 9.22. The molecule has 0 saturated carbocycles. The molecule has 0 aliphatic rings. The molecule has 10 nitrogen and oxygen atoms in total. The van der Waals surface area contributed by atoms with Crippen molar-refractivity contribution < 1.29 is 22.8 Å². The van der Waals surface area contributed by atoms with E-state index in [0.717, 1.165) is 32.7 Å². The van der Waals surface area contributed by atoms with Crippen LogP contribution in [0.3, 0.4) is 0 Å². The smallest absolute Gasteiger partial charge is 0.240 e. The van der Waals surface area contributed by atoms with Crippen molar-refractivity contribution in [1.29, 1.82) is 0 Å². The van der Waals surface area contributed by atoms with Gasteiger partial charge in [-0.3, -0.25) is 0 Å². The Morgan fingerprint density at radius 1 is 0.329 bits per heavy atom. The molecule has 0 saturated heterocycles. The first-order chi connectivity index (χ1) is 35.8. The van der Waals surface area contributed by atoms with Gasteiger partial charge in [-0.2, -0.15) is 0 Å². The van der Waals surface area contributed by atoms with Gasteiger partial charge >= 0.3 is 0 Å². The topological polar surface area (TPSA) is 44.0 Å². The largest absolute Gasteiger partial charge is 0.253 e. The average molecular weight is 1020 g/mol. The summed E-state index contributed by atoms with van der Waals surface area (Å²) in [7, 11) is 10.3. The van der Waals surface area contributed by atoms with E-state index in [4.69, 9.17) is 0 Å². The lowest BCUT2D eigenvalue weighted by Gasteiger charge is -2.03. The van der Waals surface area contributed by atoms with E-state index in [9.17, 15) is 0 Å². The van der Waals surface area contributed by atoms with E-state index in [2.05, 4.69) is 320 Å². The summed E-state index contributed by atoms with van der Waals surface area (Å²) in [6.45, 7) is 26.2. The number of aryl methyl sites for hydroxylation is 12. The van der Waals surface area contributed by atoms with Crippen LogP contribution in [0.25, 0.3) is 0 Å². The highest BCUT2D eigenvalue weighted by atomic mass is 15.1. The van der Waals surface area contributed by atoms with E-state index < -0.39 is 0 Å². The molecular weight excluding hydrogens is 933 g/mol.